The van der Waals surface area contributed by atoms with E-state index in [1.807, 2.05) is 18.3 Å². The normalized spacial score (nSPS) is 12.4. The predicted molar refractivity (Wildman–Crippen MR) is 80.3 cm³/mol. The molecule has 0 spiro atoms. The molecule has 0 aliphatic rings. The topological polar surface area (TPSA) is 24.9 Å². The summed E-state index contributed by atoms with van der Waals surface area (Å²) in [6.45, 7) is 7.43. The van der Waals surface area contributed by atoms with Crippen LogP contribution in [0.3, 0.4) is 0 Å². The van der Waals surface area contributed by atoms with E-state index < -0.39 is 0 Å². The van der Waals surface area contributed by atoms with Crippen molar-refractivity contribution >= 4 is 0 Å². The van der Waals surface area contributed by atoms with E-state index >= 15 is 0 Å². The molecule has 2 rings (SSSR count). The number of rotatable bonds is 5. The fraction of sp³-hybridized carbons (Fsp3) is 0.353. The highest BCUT2D eigenvalue weighted by molar-refractivity contribution is 5.33. The van der Waals surface area contributed by atoms with E-state index in [9.17, 15) is 0 Å². The third-order valence-corrected chi connectivity index (χ3v) is 3.39. The Balaban J connectivity index is 2.24. The lowest BCUT2D eigenvalue weighted by molar-refractivity contribution is 0.541. The molecule has 100 valence electrons. The highest BCUT2D eigenvalue weighted by atomic mass is 14.9. The number of aromatic nitrogens is 1. The van der Waals surface area contributed by atoms with E-state index in [0.717, 1.165) is 18.7 Å². The summed E-state index contributed by atoms with van der Waals surface area (Å²) in [7, 11) is 0. The number of pyridine rings is 1. The summed E-state index contributed by atoms with van der Waals surface area (Å²) < 4.78 is 0. The minimum Gasteiger partial charge on any atom is -0.310 e. The zero-order valence-corrected chi connectivity index (χ0v) is 12.0. The van der Waals surface area contributed by atoms with E-state index in [-0.39, 0.29) is 0 Å². The first kappa shape index (κ1) is 13.8. The predicted octanol–water partition coefficient (Wildman–Crippen LogP) is 3.59. The van der Waals surface area contributed by atoms with Crippen LogP contribution in [0.2, 0.25) is 0 Å². The van der Waals surface area contributed by atoms with Gasteiger partial charge in [-0.2, -0.15) is 0 Å². The quantitative estimate of drug-likeness (QED) is 0.882. The Bertz CT molecular complexity index is 520. The van der Waals surface area contributed by atoms with Crippen LogP contribution < -0.4 is 5.32 Å². The molecule has 2 heteroatoms. The number of hydrogen-bond donors (Lipinski definition) is 1. The second-order valence-electron chi connectivity index (χ2n) is 5.00. The molecule has 0 saturated heterocycles. The smallest absolute Gasteiger partial charge is 0.0422 e. The Morgan fingerprint density at radius 1 is 1.16 bits per heavy atom. The first-order valence-electron chi connectivity index (χ1n) is 6.91. The van der Waals surface area contributed by atoms with Gasteiger partial charge in [-0.1, -0.05) is 36.8 Å². The first-order valence-corrected chi connectivity index (χ1v) is 6.91. The molecule has 0 aliphatic carbocycles. The molecule has 1 unspecified atom stereocenters. The zero-order valence-electron chi connectivity index (χ0n) is 12.0. The molecule has 1 atom stereocenters. The van der Waals surface area contributed by atoms with Gasteiger partial charge in [0.1, 0.15) is 0 Å². The fourth-order valence-corrected chi connectivity index (χ4v) is 2.48. The lowest BCUT2D eigenvalue weighted by Crippen LogP contribution is -2.24. The van der Waals surface area contributed by atoms with Crippen molar-refractivity contribution < 1.29 is 0 Å². The standard InChI is InChI=1S/C17H22N2/c1-4-18-17(12-15-7-5-6-10-19-15)16-9-8-13(2)11-14(16)3/h5-11,17-18H,4,12H2,1-3H3. The van der Waals surface area contributed by atoms with Crippen molar-refractivity contribution in [1.82, 2.24) is 10.3 Å². The van der Waals surface area contributed by atoms with Crippen LogP contribution in [0.25, 0.3) is 0 Å². The van der Waals surface area contributed by atoms with E-state index in [2.05, 4.69) is 55.3 Å². The van der Waals surface area contributed by atoms with E-state index in [1.54, 1.807) is 0 Å². The van der Waals surface area contributed by atoms with Gasteiger partial charge in [0.25, 0.3) is 0 Å². The van der Waals surface area contributed by atoms with Crippen molar-refractivity contribution in [1.29, 1.82) is 0 Å². The second-order valence-corrected chi connectivity index (χ2v) is 5.00. The van der Waals surface area contributed by atoms with Gasteiger partial charge in [-0.25, -0.2) is 0 Å². The molecule has 1 aromatic carbocycles. The summed E-state index contributed by atoms with van der Waals surface area (Å²) in [4.78, 5) is 4.43. The maximum Gasteiger partial charge on any atom is 0.0422 e. The summed E-state index contributed by atoms with van der Waals surface area (Å²) in [6, 6.07) is 13.1. The number of likely N-dealkylation sites (N-methyl/N-ethyl adjacent to an activating group) is 1. The van der Waals surface area contributed by atoms with Gasteiger partial charge in [0.2, 0.25) is 0 Å². The minimum absolute atomic E-state index is 0.334. The van der Waals surface area contributed by atoms with Gasteiger partial charge >= 0.3 is 0 Å². The molecular formula is C17H22N2. The van der Waals surface area contributed by atoms with E-state index in [4.69, 9.17) is 0 Å². The van der Waals surface area contributed by atoms with Crippen LogP contribution in [0, 0.1) is 13.8 Å². The number of hydrogen-bond acceptors (Lipinski definition) is 2. The molecule has 1 N–H and O–H groups in total. The molecule has 2 aromatic rings. The molecule has 2 nitrogen and oxygen atoms in total. The molecule has 0 amide bonds. The molecule has 0 saturated carbocycles. The Morgan fingerprint density at radius 3 is 2.63 bits per heavy atom. The van der Waals surface area contributed by atoms with Crippen LogP contribution in [0.15, 0.2) is 42.6 Å². The minimum atomic E-state index is 0.334. The SMILES string of the molecule is CCNC(Cc1ccccn1)c1ccc(C)cc1C. The molecule has 1 aromatic heterocycles. The van der Waals surface area contributed by atoms with Crippen molar-refractivity contribution in [3.8, 4) is 0 Å². The van der Waals surface area contributed by atoms with Gasteiger partial charge < -0.3 is 5.32 Å². The van der Waals surface area contributed by atoms with Crippen LogP contribution in [-0.2, 0) is 6.42 Å². The number of nitrogens with zero attached hydrogens (tertiary/aromatic N) is 1. The average molecular weight is 254 g/mol. The highest BCUT2D eigenvalue weighted by Crippen LogP contribution is 2.22. The summed E-state index contributed by atoms with van der Waals surface area (Å²) in [5.41, 5.74) is 5.17. The van der Waals surface area contributed by atoms with Crippen LogP contribution in [-0.4, -0.2) is 11.5 Å². The second kappa shape index (κ2) is 6.48. The van der Waals surface area contributed by atoms with Crippen molar-refractivity contribution in [2.75, 3.05) is 6.54 Å². The third kappa shape index (κ3) is 3.65. The molecule has 1 heterocycles. The number of aryl methyl sites for hydroxylation is 2. The third-order valence-electron chi connectivity index (χ3n) is 3.39. The van der Waals surface area contributed by atoms with Crippen LogP contribution >= 0.6 is 0 Å². The largest absolute Gasteiger partial charge is 0.310 e. The highest BCUT2D eigenvalue weighted by Gasteiger charge is 2.13. The average Bonchev–Trinajstić information content (AvgIpc) is 2.39. The molecule has 0 radical (unpaired) electrons. The summed E-state index contributed by atoms with van der Waals surface area (Å²) in [6.07, 6.45) is 2.79. The summed E-state index contributed by atoms with van der Waals surface area (Å²) >= 11 is 0. The van der Waals surface area contributed by atoms with Crippen molar-refractivity contribution in [3.63, 3.8) is 0 Å². The monoisotopic (exact) mass is 254 g/mol. The molecule has 0 aliphatic heterocycles. The zero-order chi connectivity index (χ0) is 13.7. The Kier molecular flexibility index (Phi) is 4.69. The fourth-order valence-electron chi connectivity index (χ4n) is 2.48. The van der Waals surface area contributed by atoms with Crippen molar-refractivity contribution in [3.05, 3.63) is 65.0 Å². The van der Waals surface area contributed by atoms with Crippen LogP contribution in [0.4, 0.5) is 0 Å². The van der Waals surface area contributed by atoms with Crippen molar-refractivity contribution in [2.24, 2.45) is 0 Å². The first-order chi connectivity index (χ1) is 9.20. The summed E-state index contributed by atoms with van der Waals surface area (Å²) in [5.74, 6) is 0. The van der Waals surface area contributed by atoms with Gasteiger partial charge in [-0.3, -0.25) is 4.98 Å². The van der Waals surface area contributed by atoms with E-state index in [1.165, 1.54) is 16.7 Å². The molecule has 0 fully saturated rings. The van der Waals surface area contributed by atoms with E-state index in [0.29, 0.717) is 6.04 Å². The Hall–Kier alpha value is -1.67. The van der Waals surface area contributed by atoms with Gasteiger partial charge in [-0.15, -0.1) is 0 Å². The van der Waals surface area contributed by atoms with Gasteiger partial charge in [0.15, 0.2) is 0 Å². The maximum absolute atomic E-state index is 4.43. The van der Waals surface area contributed by atoms with Crippen molar-refractivity contribution in [2.45, 2.75) is 33.2 Å². The van der Waals surface area contributed by atoms with Crippen LogP contribution in [0.5, 0.6) is 0 Å². The maximum atomic E-state index is 4.43. The van der Waals surface area contributed by atoms with Gasteiger partial charge in [0, 0.05) is 24.4 Å². The lowest BCUT2D eigenvalue weighted by Gasteiger charge is -2.20. The molecular weight excluding hydrogens is 232 g/mol. The summed E-state index contributed by atoms with van der Waals surface area (Å²) in [5, 5.41) is 3.57. The molecule has 19 heavy (non-hydrogen) atoms. The Labute approximate surface area is 115 Å². The van der Waals surface area contributed by atoms with Gasteiger partial charge in [0.05, 0.1) is 0 Å². The van der Waals surface area contributed by atoms with Gasteiger partial charge in [-0.05, 0) is 43.7 Å². The number of benzene rings is 1. The molecule has 0 bridgehead atoms. The number of nitrogens with one attached hydrogen (secondary N) is 1. The Morgan fingerprint density at radius 2 is 2.00 bits per heavy atom. The van der Waals surface area contributed by atoms with Crippen LogP contribution in [0.1, 0.15) is 35.3 Å². The lowest BCUT2D eigenvalue weighted by atomic mass is 9.96.